The number of nitrogens with zero attached hydrogens (tertiary/aromatic N) is 1. The van der Waals surface area contributed by atoms with Crippen molar-refractivity contribution >= 4 is 11.6 Å². The molecule has 3 heteroatoms. The molecule has 1 saturated heterocycles. The Hall–Kier alpha value is -0.570. The first-order chi connectivity index (χ1) is 9.56. The lowest BCUT2D eigenvalue weighted by atomic mass is 9.84. The van der Waals surface area contributed by atoms with E-state index in [0.717, 1.165) is 30.1 Å². The van der Waals surface area contributed by atoms with Gasteiger partial charge in [0.15, 0.2) is 0 Å². The highest BCUT2D eigenvalue weighted by molar-refractivity contribution is 6.30. The second-order valence-electron chi connectivity index (χ2n) is 6.10. The molecule has 112 valence electrons. The molecule has 1 fully saturated rings. The summed E-state index contributed by atoms with van der Waals surface area (Å²) in [5.41, 5.74) is 1.03. The van der Waals surface area contributed by atoms with Crippen molar-refractivity contribution in [2.24, 2.45) is 0 Å². The lowest BCUT2D eigenvalue weighted by molar-refractivity contribution is -0.0328. The van der Waals surface area contributed by atoms with Crippen LogP contribution in [0, 0.1) is 0 Å². The van der Waals surface area contributed by atoms with Gasteiger partial charge >= 0.3 is 0 Å². The molecule has 1 aromatic carbocycles. The first kappa shape index (κ1) is 15.8. The number of hydrogen-bond acceptors (Lipinski definition) is 2. The molecule has 1 aliphatic heterocycles. The third kappa shape index (κ3) is 3.55. The van der Waals surface area contributed by atoms with Crippen molar-refractivity contribution in [1.82, 2.24) is 4.90 Å². The summed E-state index contributed by atoms with van der Waals surface area (Å²) in [6.45, 7) is 6.61. The van der Waals surface area contributed by atoms with Gasteiger partial charge in [0.2, 0.25) is 0 Å². The molecule has 1 heterocycles. The monoisotopic (exact) mass is 295 g/mol. The molecule has 0 saturated carbocycles. The molecular weight excluding hydrogens is 270 g/mol. The van der Waals surface area contributed by atoms with E-state index in [1.54, 1.807) is 0 Å². The maximum atomic E-state index is 10.8. The molecule has 0 aliphatic carbocycles. The van der Waals surface area contributed by atoms with Crippen molar-refractivity contribution in [2.75, 3.05) is 13.1 Å². The number of aliphatic hydroxyl groups excluding tert-OH is 1. The van der Waals surface area contributed by atoms with Crippen LogP contribution in [0.25, 0.3) is 0 Å². The summed E-state index contributed by atoms with van der Waals surface area (Å²) in [5.74, 6) is 0. The van der Waals surface area contributed by atoms with Crippen LogP contribution >= 0.6 is 11.6 Å². The summed E-state index contributed by atoms with van der Waals surface area (Å²) in [7, 11) is 0. The molecule has 2 rings (SSSR count). The van der Waals surface area contributed by atoms with Gasteiger partial charge in [0, 0.05) is 17.0 Å². The summed E-state index contributed by atoms with van der Waals surface area (Å²) in [4.78, 5) is 2.48. The Morgan fingerprint density at radius 2 is 1.80 bits per heavy atom. The molecule has 0 aromatic heterocycles. The zero-order chi connectivity index (χ0) is 14.6. The van der Waals surface area contributed by atoms with E-state index in [0.29, 0.717) is 6.42 Å². The van der Waals surface area contributed by atoms with Crippen LogP contribution in [0.15, 0.2) is 24.3 Å². The fourth-order valence-electron chi connectivity index (χ4n) is 3.14. The Labute approximate surface area is 127 Å². The Morgan fingerprint density at radius 1 is 1.20 bits per heavy atom. The fourth-order valence-corrected chi connectivity index (χ4v) is 3.26. The van der Waals surface area contributed by atoms with Crippen molar-refractivity contribution in [1.29, 1.82) is 0 Å². The highest BCUT2D eigenvalue weighted by Crippen LogP contribution is 2.29. The van der Waals surface area contributed by atoms with E-state index in [2.05, 4.69) is 18.7 Å². The van der Waals surface area contributed by atoms with E-state index in [1.165, 1.54) is 19.3 Å². The van der Waals surface area contributed by atoms with E-state index < -0.39 is 0 Å². The van der Waals surface area contributed by atoms with E-state index in [1.807, 2.05) is 24.3 Å². The van der Waals surface area contributed by atoms with Crippen LogP contribution in [0.2, 0.25) is 5.02 Å². The van der Waals surface area contributed by atoms with E-state index in [-0.39, 0.29) is 11.6 Å². The zero-order valence-electron chi connectivity index (χ0n) is 12.6. The summed E-state index contributed by atoms with van der Waals surface area (Å²) in [6, 6.07) is 7.82. The standard InChI is InChI=1S/C17H26ClNO/c1-3-17(2,19-11-5-4-6-12-19)16(20)13-14-7-9-15(18)10-8-14/h7-10,16,20H,3-6,11-13H2,1-2H3. The predicted molar refractivity (Wildman–Crippen MR) is 85.3 cm³/mol. The van der Waals surface area contributed by atoms with Crippen LogP contribution < -0.4 is 0 Å². The third-order valence-electron chi connectivity index (χ3n) is 4.85. The molecule has 2 atom stereocenters. The molecule has 2 nitrogen and oxygen atoms in total. The van der Waals surface area contributed by atoms with Gasteiger partial charge in [0.1, 0.15) is 0 Å². The zero-order valence-corrected chi connectivity index (χ0v) is 13.4. The number of piperidine rings is 1. The maximum absolute atomic E-state index is 10.8. The van der Waals surface area contributed by atoms with Crippen LogP contribution in [-0.4, -0.2) is 34.7 Å². The Morgan fingerprint density at radius 3 is 2.35 bits per heavy atom. The number of aliphatic hydroxyl groups is 1. The molecule has 0 bridgehead atoms. The van der Waals surface area contributed by atoms with E-state index in [9.17, 15) is 5.11 Å². The van der Waals surface area contributed by atoms with Crippen LogP contribution in [0.5, 0.6) is 0 Å². The smallest absolute Gasteiger partial charge is 0.0761 e. The van der Waals surface area contributed by atoms with Crippen molar-refractivity contribution < 1.29 is 5.11 Å². The first-order valence-corrected chi connectivity index (χ1v) is 8.11. The molecular formula is C17H26ClNO. The minimum atomic E-state index is -0.341. The first-order valence-electron chi connectivity index (χ1n) is 7.74. The average molecular weight is 296 g/mol. The lowest BCUT2D eigenvalue weighted by Gasteiger charge is -2.46. The van der Waals surface area contributed by atoms with Gasteiger partial charge < -0.3 is 5.11 Å². The Kier molecular flexibility index (Phi) is 5.48. The minimum Gasteiger partial charge on any atom is -0.391 e. The topological polar surface area (TPSA) is 23.5 Å². The van der Waals surface area contributed by atoms with Gasteiger partial charge in [-0.3, -0.25) is 4.90 Å². The average Bonchev–Trinajstić information content (AvgIpc) is 2.49. The van der Waals surface area contributed by atoms with Crippen LogP contribution in [0.4, 0.5) is 0 Å². The van der Waals surface area contributed by atoms with Gasteiger partial charge in [-0.25, -0.2) is 0 Å². The van der Waals surface area contributed by atoms with Crippen LogP contribution in [0.1, 0.15) is 45.1 Å². The summed E-state index contributed by atoms with van der Waals surface area (Å²) < 4.78 is 0. The van der Waals surface area contributed by atoms with E-state index in [4.69, 9.17) is 11.6 Å². The molecule has 1 aromatic rings. The van der Waals surface area contributed by atoms with Crippen LogP contribution in [0.3, 0.4) is 0 Å². The third-order valence-corrected chi connectivity index (χ3v) is 5.11. The van der Waals surface area contributed by atoms with Gasteiger partial charge in [-0.05, 0) is 57.0 Å². The second kappa shape index (κ2) is 6.93. The van der Waals surface area contributed by atoms with Crippen LogP contribution in [-0.2, 0) is 6.42 Å². The fraction of sp³-hybridized carbons (Fsp3) is 0.647. The number of benzene rings is 1. The molecule has 0 spiro atoms. The summed E-state index contributed by atoms with van der Waals surface area (Å²) in [6.07, 6.45) is 5.15. The Balaban J connectivity index is 2.07. The molecule has 2 unspecified atom stereocenters. The largest absolute Gasteiger partial charge is 0.391 e. The van der Waals surface area contributed by atoms with E-state index >= 15 is 0 Å². The second-order valence-corrected chi connectivity index (χ2v) is 6.54. The molecule has 1 aliphatic rings. The number of halogens is 1. The molecule has 1 N–H and O–H groups in total. The van der Waals surface area contributed by atoms with Gasteiger partial charge in [-0.15, -0.1) is 0 Å². The molecule has 0 amide bonds. The number of hydrogen-bond donors (Lipinski definition) is 1. The summed E-state index contributed by atoms with van der Waals surface area (Å²) in [5, 5.41) is 11.5. The lowest BCUT2D eigenvalue weighted by Crippen LogP contribution is -2.56. The Bertz CT molecular complexity index is 414. The number of likely N-dealkylation sites (tertiary alicyclic amines) is 1. The SMILES string of the molecule is CCC(C)(C(O)Cc1ccc(Cl)cc1)N1CCCCC1. The maximum Gasteiger partial charge on any atom is 0.0761 e. The van der Waals surface area contributed by atoms with Crippen molar-refractivity contribution in [3.8, 4) is 0 Å². The highest BCUT2D eigenvalue weighted by atomic mass is 35.5. The van der Waals surface area contributed by atoms with Gasteiger partial charge in [0.05, 0.1) is 6.10 Å². The normalized spacial score (nSPS) is 21.4. The summed E-state index contributed by atoms with van der Waals surface area (Å²) >= 11 is 5.92. The molecule has 20 heavy (non-hydrogen) atoms. The van der Waals surface area contributed by atoms with Gasteiger partial charge in [0.25, 0.3) is 0 Å². The highest BCUT2D eigenvalue weighted by Gasteiger charge is 2.37. The van der Waals surface area contributed by atoms with Crippen molar-refractivity contribution in [3.63, 3.8) is 0 Å². The molecule has 0 radical (unpaired) electrons. The van der Waals surface area contributed by atoms with Crippen molar-refractivity contribution in [3.05, 3.63) is 34.9 Å². The quantitative estimate of drug-likeness (QED) is 0.890. The van der Waals surface area contributed by atoms with Crippen molar-refractivity contribution in [2.45, 2.75) is 57.6 Å². The van der Waals surface area contributed by atoms with Gasteiger partial charge in [-0.2, -0.15) is 0 Å². The van der Waals surface area contributed by atoms with Gasteiger partial charge in [-0.1, -0.05) is 37.1 Å². The predicted octanol–water partition coefficient (Wildman–Crippen LogP) is 3.90. The minimum absolute atomic E-state index is 0.125. The number of rotatable bonds is 5.